The van der Waals surface area contributed by atoms with Crippen LogP contribution in [0.25, 0.3) is 4.83 Å². The van der Waals surface area contributed by atoms with E-state index in [1.165, 1.54) is 16.9 Å². The Balaban J connectivity index is 2.10. The molecule has 0 aromatic carbocycles. The van der Waals surface area contributed by atoms with Crippen molar-refractivity contribution in [1.82, 2.24) is 9.38 Å². The van der Waals surface area contributed by atoms with Crippen molar-refractivity contribution >= 4 is 16.2 Å². The average Bonchev–Trinajstić information content (AvgIpc) is 3.03. The lowest BCUT2D eigenvalue weighted by molar-refractivity contribution is -0.136. The molecule has 1 aliphatic carbocycles. The van der Waals surface area contributed by atoms with Crippen LogP contribution in [-0.4, -0.2) is 14.5 Å². The zero-order valence-electron chi connectivity index (χ0n) is 10.0. The molecule has 0 radical (unpaired) electrons. The molecule has 104 valence electrons. The van der Waals surface area contributed by atoms with E-state index in [2.05, 4.69) is 4.98 Å². The fourth-order valence-electron chi connectivity index (χ4n) is 2.78. The number of hydrogen-bond acceptors (Lipinski definition) is 3. The van der Waals surface area contributed by atoms with Crippen LogP contribution in [-0.2, 0) is 6.18 Å². The Hall–Kier alpha value is -1.08. The molecule has 0 aliphatic heterocycles. The summed E-state index contributed by atoms with van der Waals surface area (Å²) >= 11 is 0.640. The summed E-state index contributed by atoms with van der Waals surface area (Å²) in [4.78, 5) is 3.56. The van der Waals surface area contributed by atoms with E-state index in [0.29, 0.717) is 16.2 Å². The molecule has 1 saturated carbocycles. The van der Waals surface area contributed by atoms with E-state index in [9.17, 15) is 18.3 Å². The van der Waals surface area contributed by atoms with Crippen molar-refractivity contribution in [3.05, 3.63) is 23.1 Å². The fourth-order valence-corrected chi connectivity index (χ4v) is 3.79. The number of alkyl halides is 3. The van der Waals surface area contributed by atoms with Crippen LogP contribution in [0.15, 0.2) is 12.5 Å². The van der Waals surface area contributed by atoms with Crippen LogP contribution in [0.4, 0.5) is 13.2 Å². The van der Waals surface area contributed by atoms with Crippen molar-refractivity contribution in [2.45, 2.75) is 38.0 Å². The van der Waals surface area contributed by atoms with Gasteiger partial charge in [-0.2, -0.15) is 13.2 Å². The van der Waals surface area contributed by atoms with Crippen LogP contribution < -0.4 is 0 Å². The van der Waals surface area contributed by atoms with Gasteiger partial charge in [0.25, 0.3) is 0 Å². The maximum absolute atomic E-state index is 13.1. The van der Waals surface area contributed by atoms with Gasteiger partial charge in [0.2, 0.25) is 0 Å². The average molecular weight is 290 g/mol. The molecule has 0 bridgehead atoms. The highest BCUT2D eigenvalue weighted by molar-refractivity contribution is 7.17. The molecule has 1 N–H and O–H groups in total. The first kappa shape index (κ1) is 12.9. The van der Waals surface area contributed by atoms with Gasteiger partial charge in [0, 0.05) is 0 Å². The molecule has 1 fully saturated rings. The maximum atomic E-state index is 13.1. The highest BCUT2D eigenvalue weighted by atomic mass is 32.1. The highest BCUT2D eigenvalue weighted by Gasteiger charge is 2.41. The Kier molecular flexibility index (Phi) is 3.05. The molecule has 1 unspecified atom stereocenters. The van der Waals surface area contributed by atoms with Gasteiger partial charge >= 0.3 is 6.18 Å². The number of aliphatic hydroxyl groups excluding tert-OH is 1. The first-order valence-corrected chi connectivity index (χ1v) is 7.00. The molecule has 7 heteroatoms. The first-order valence-electron chi connectivity index (χ1n) is 6.18. The van der Waals surface area contributed by atoms with Gasteiger partial charge in [-0.15, -0.1) is 11.3 Å². The summed E-state index contributed by atoms with van der Waals surface area (Å²) in [6, 6.07) is 0. The van der Waals surface area contributed by atoms with Crippen LogP contribution in [0.1, 0.15) is 42.4 Å². The van der Waals surface area contributed by atoms with Crippen LogP contribution in [0.2, 0.25) is 0 Å². The molecule has 3 rings (SSSR count). The van der Waals surface area contributed by atoms with Gasteiger partial charge in [-0.05, 0) is 18.8 Å². The third-order valence-corrected chi connectivity index (χ3v) is 4.84. The summed E-state index contributed by atoms with van der Waals surface area (Å²) in [5.74, 6) is -0.0821. The smallest absolute Gasteiger partial charge is 0.387 e. The maximum Gasteiger partial charge on any atom is 0.427 e. The SMILES string of the molecule is OC(c1c(C(F)(F)F)sc2cncn12)C1CCCC1. The summed E-state index contributed by atoms with van der Waals surface area (Å²) < 4.78 is 40.6. The Labute approximate surface area is 111 Å². The number of nitrogens with zero attached hydrogens (tertiary/aromatic N) is 2. The topological polar surface area (TPSA) is 37.5 Å². The van der Waals surface area contributed by atoms with Crippen LogP contribution in [0, 0.1) is 5.92 Å². The zero-order valence-corrected chi connectivity index (χ0v) is 10.8. The van der Waals surface area contributed by atoms with E-state index in [4.69, 9.17) is 0 Å². The quantitative estimate of drug-likeness (QED) is 0.917. The lowest BCUT2D eigenvalue weighted by atomic mass is 9.97. The molecule has 2 aromatic heterocycles. The Morgan fingerprint density at radius 3 is 2.68 bits per heavy atom. The highest BCUT2D eigenvalue weighted by Crippen LogP contribution is 2.44. The number of imidazole rings is 1. The molecule has 3 nitrogen and oxygen atoms in total. The van der Waals surface area contributed by atoms with Crippen LogP contribution >= 0.6 is 11.3 Å². The second-order valence-electron chi connectivity index (χ2n) is 4.91. The molecule has 1 aliphatic rings. The molecular weight excluding hydrogens is 277 g/mol. The molecular formula is C12H13F3N2OS. The van der Waals surface area contributed by atoms with Gasteiger partial charge in [-0.1, -0.05) is 12.8 Å². The molecule has 1 atom stereocenters. The van der Waals surface area contributed by atoms with Gasteiger partial charge in [0.15, 0.2) is 0 Å². The standard InChI is InChI=1S/C12H13F3N2OS/c13-12(14,15)11-9(10(18)7-3-1-2-4-7)17-6-16-5-8(17)19-11/h5-7,10,18H,1-4H2. The van der Waals surface area contributed by atoms with Gasteiger partial charge < -0.3 is 5.11 Å². The summed E-state index contributed by atoms with van der Waals surface area (Å²) in [5.41, 5.74) is -0.0445. The second-order valence-corrected chi connectivity index (χ2v) is 5.94. The minimum absolute atomic E-state index is 0.0445. The zero-order chi connectivity index (χ0) is 13.6. The molecule has 0 saturated heterocycles. The number of thiazole rings is 1. The number of rotatable bonds is 2. The van der Waals surface area contributed by atoms with Crippen molar-refractivity contribution in [1.29, 1.82) is 0 Å². The lowest BCUT2D eigenvalue weighted by Gasteiger charge is -2.19. The van der Waals surface area contributed by atoms with Gasteiger partial charge in [0.05, 0.1) is 18.0 Å². The number of aliphatic hydroxyl groups is 1. The minimum atomic E-state index is -4.43. The van der Waals surface area contributed by atoms with E-state index < -0.39 is 17.2 Å². The summed E-state index contributed by atoms with van der Waals surface area (Å²) in [5, 5.41) is 10.3. The predicted octanol–water partition coefficient (Wildman–Crippen LogP) is 3.64. The minimum Gasteiger partial charge on any atom is -0.387 e. The molecule has 19 heavy (non-hydrogen) atoms. The molecule has 0 spiro atoms. The summed E-state index contributed by atoms with van der Waals surface area (Å²) in [7, 11) is 0. The molecule has 2 heterocycles. The molecule has 2 aromatic rings. The Morgan fingerprint density at radius 1 is 1.37 bits per heavy atom. The Bertz CT molecular complexity index is 583. The van der Waals surface area contributed by atoms with Gasteiger partial charge in [-0.25, -0.2) is 4.98 Å². The van der Waals surface area contributed by atoms with E-state index in [-0.39, 0.29) is 11.6 Å². The second kappa shape index (κ2) is 4.49. The van der Waals surface area contributed by atoms with Crippen molar-refractivity contribution < 1.29 is 18.3 Å². The van der Waals surface area contributed by atoms with Gasteiger partial charge in [0.1, 0.15) is 16.0 Å². The third-order valence-electron chi connectivity index (χ3n) is 3.69. The van der Waals surface area contributed by atoms with Crippen molar-refractivity contribution in [3.63, 3.8) is 0 Å². The number of fused-ring (bicyclic) bond motifs is 1. The predicted molar refractivity (Wildman–Crippen MR) is 65.0 cm³/mol. The first-order chi connectivity index (χ1) is 8.98. The number of aromatic nitrogens is 2. The number of halogens is 3. The van der Waals surface area contributed by atoms with E-state index in [0.717, 1.165) is 25.7 Å². The van der Waals surface area contributed by atoms with E-state index in [1.54, 1.807) is 0 Å². The van der Waals surface area contributed by atoms with E-state index >= 15 is 0 Å². The van der Waals surface area contributed by atoms with Crippen molar-refractivity contribution in [2.24, 2.45) is 5.92 Å². The molecule has 0 amide bonds. The van der Waals surface area contributed by atoms with Gasteiger partial charge in [-0.3, -0.25) is 4.40 Å². The van der Waals surface area contributed by atoms with Crippen LogP contribution in [0.5, 0.6) is 0 Å². The normalized spacial score (nSPS) is 19.4. The van der Waals surface area contributed by atoms with Crippen molar-refractivity contribution in [2.75, 3.05) is 0 Å². The summed E-state index contributed by atoms with van der Waals surface area (Å²) in [6.45, 7) is 0. The largest absolute Gasteiger partial charge is 0.427 e. The lowest BCUT2D eigenvalue weighted by Crippen LogP contribution is -2.16. The third kappa shape index (κ3) is 2.14. The number of hydrogen-bond donors (Lipinski definition) is 1. The Morgan fingerprint density at radius 2 is 2.05 bits per heavy atom. The van der Waals surface area contributed by atoms with Crippen molar-refractivity contribution in [3.8, 4) is 0 Å². The van der Waals surface area contributed by atoms with Crippen LogP contribution in [0.3, 0.4) is 0 Å². The monoisotopic (exact) mass is 290 g/mol. The fraction of sp³-hybridized carbons (Fsp3) is 0.583. The summed E-state index contributed by atoms with van der Waals surface area (Å²) in [6.07, 6.45) is 0.746. The van der Waals surface area contributed by atoms with E-state index in [1.807, 2.05) is 0 Å².